The van der Waals surface area contributed by atoms with Crippen molar-refractivity contribution in [3.8, 4) is 0 Å². The predicted octanol–water partition coefficient (Wildman–Crippen LogP) is 13.2. The van der Waals surface area contributed by atoms with E-state index >= 15 is 0 Å². The van der Waals surface area contributed by atoms with Gasteiger partial charge in [-0.05, 0) is 94.7 Å². The summed E-state index contributed by atoms with van der Waals surface area (Å²) in [6.07, 6.45) is 41.9. The Morgan fingerprint density at radius 2 is 1.06 bits per heavy atom. The second-order valence-electron chi connectivity index (χ2n) is 18.3. The van der Waals surface area contributed by atoms with Crippen LogP contribution in [0.4, 0.5) is 5.69 Å². The average molecular weight is 985 g/mol. The van der Waals surface area contributed by atoms with Crippen molar-refractivity contribution in [3.63, 3.8) is 0 Å². The number of amides is 3. The summed E-state index contributed by atoms with van der Waals surface area (Å²) in [6, 6.07) is 6.97. The molecule has 0 radical (unpaired) electrons. The first-order valence-corrected chi connectivity index (χ1v) is 28.2. The lowest BCUT2D eigenvalue weighted by Crippen LogP contribution is -2.30. The Balaban J connectivity index is 1.69. The van der Waals surface area contributed by atoms with Crippen molar-refractivity contribution < 1.29 is 52.0 Å². The summed E-state index contributed by atoms with van der Waals surface area (Å²) in [5, 5.41) is 2.65. The lowest BCUT2D eigenvalue weighted by atomic mass is 10.1. The molecule has 0 saturated carbocycles. The van der Waals surface area contributed by atoms with Gasteiger partial charge in [0, 0.05) is 38.0 Å². The van der Waals surface area contributed by atoms with Crippen LogP contribution in [0.1, 0.15) is 212 Å². The molecule has 0 saturated heterocycles. The highest BCUT2D eigenvalue weighted by molar-refractivity contribution is 7.47. The number of nitrogens with zero attached hydrogens (tertiary/aromatic N) is 1. The third-order valence-electron chi connectivity index (χ3n) is 12.0. The second-order valence-corrected chi connectivity index (χ2v) is 19.7. The Kier molecular flexibility index (Phi) is 36.2. The van der Waals surface area contributed by atoms with Crippen molar-refractivity contribution in [1.82, 2.24) is 5.32 Å². The van der Waals surface area contributed by atoms with Gasteiger partial charge < -0.3 is 19.7 Å². The van der Waals surface area contributed by atoms with Crippen LogP contribution in [0, 0.1) is 0 Å². The van der Waals surface area contributed by atoms with Gasteiger partial charge in [-0.1, -0.05) is 153 Å². The zero-order valence-corrected chi connectivity index (χ0v) is 43.4. The van der Waals surface area contributed by atoms with Crippen molar-refractivity contribution >= 4 is 43.2 Å². The number of nitrogens with one attached hydrogen (secondary N) is 1. The minimum atomic E-state index is -4.62. The molecule has 0 aliphatic carbocycles. The van der Waals surface area contributed by atoms with Crippen LogP contribution in [0.3, 0.4) is 0 Å². The van der Waals surface area contributed by atoms with E-state index in [9.17, 15) is 33.4 Å². The van der Waals surface area contributed by atoms with Crippen molar-refractivity contribution in [2.45, 2.75) is 219 Å². The molecule has 2 rings (SSSR count). The number of imide groups is 1. The maximum Gasteiger partial charge on any atom is 0.472 e. The third-order valence-corrected chi connectivity index (χ3v) is 13.0. The number of aryl methyl sites for hydroxylation is 1. The minimum Gasteiger partial charge on any atom is -0.462 e. The highest BCUT2D eigenvalue weighted by Crippen LogP contribution is 2.43. The SMILES string of the molecule is CCCCCCCC/C=C/CCCCCCCC(=O)OCC(COP(=O)(O)OCCNC(=O)CCCc1ccc(N2C(=O)C=CC2=O)cc1)OC(=O)CCCCCCC/C=C/CCCCCCCC. The molecule has 0 aromatic heterocycles. The molecule has 1 aromatic carbocycles. The predicted molar refractivity (Wildman–Crippen MR) is 275 cm³/mol. The zero-order valence-electron chi connectivity index (χ0n) is 42.5. The molecule has 0 fully saturated rings. The number of phosphoric acid groups is 1. The Labute approximate surface area is 415 Å². The molecule has 3 amide bonds. The summed E-state index contributed by atoms with van der Waals surface area (Å²) < 4.78 is 34.0. The van der Waals surface area contributed by atoms with Gasteiger partial charge in [-0.2, -0.15) is 0 Å². The summed E-state index contributed by atoms with van der Waals surface area (Å²) in [5.41, 5.74) is 1.41. The fourth-order valence-corrected chi connectivity index (χ4v) is 8.62. The fraction of sp³-hybridized carbons (Fsp3) is 0.691. The van der Waals surface area contributed by atoms with Crippen molar-refractivity contribution in [1.29, 1.82) is 0 Å². The van der Waals surface area contributed by atoms with Crippen LogP contribution in [-0.4, -0.2) is 67.0 Å². The van der Waals surface area contributed by atoms with Gasteiger partial charge >= 0.3 is 19.8 Å². The summed E-state index contributed by atoms with van der Waals surface area (Å²) in [6.45, 7) is 3.27. The molecule has 13 nitrogen and oxygen atoms in total. The van der Waals surface area contributed by atoms with E-state index in [1.165, 1.54) is 89.2 Å². The van der Waals surface area contributed by atoms with Crippen LogP contribution in [0.2, 0.25) is 0 Å². The number of carbonyl (C=O) groups excluding carboxylic acids is 5. The van der Waals surface area contributed by atoms with Crippen LogP contribution >= 0.6 is 7.82 Å². The maximum absolute atomic E-state index is 12.8. The summed E-state index contributed by atoms with van der Waals surface area (Å²) in [4.78, 5) is 73.2. The van der Waals surface area contributed by atoms with Gasteiger partial charge in [0.1, 0.15) is 6.61 Å². The largest absolute Gasteiger partial charge is 0.472 e. The molecule has 1 heterocycles. The van der Waals surface area contributed by atoms with Gasteiger partial charge in [0.2, 0.25) is 5.91 Å². The first-order chi connectivity index (χ1) is 33.5. The molecule has 2 N–H and O–H groups in total. The molecule has 390 valence electrons. The topological polar surface area (TPSA) is 175 Å². The Hall–Kier alpha value is -3.90. The van der Waals surface area contributed by atoms with E-state index in [2.05, 4.69) is 43.5 Å². The molecule has 14 heteroatoms. The smallest absolute Gasteiger partial charge is 0.462 e. The number of allylic oxidation sites excluding steroid dienone is 4. The van der Waals surface area contributed by atoms with E-state index in [1.54, 1.807) is 24.3 Å². The molecular weight excluding hydrogens is 896 g/mol. The van der Waals surface area contributed by atoms with Crippen molar-refractivity contribution in [2.24, 2.45) is 0 Å². The monoisotopic (exact) mass is 985 g/mol. The number of ether oxygens (including phenoxy) is 2. The van der Waals surface area contributed by atoms with Crippen LogP contribution in [0.25, 0.3) is 0 Å². The molecule has 1 aliphatic rings. The fourth-order valence-electron chi connectivity index (χ4n) is 7.87. The number of hydrogen-bond donors (Lipinski definition) is 2. The molecule has 69 heavy (non-hydrogen) atoms. The number of benzene rings is 1. The van der Waals surface area contributed by atoms with Crippen molar-refractivity contribution in [2.75, 3.05) is 31.3 Å². The quantitative estimate of drug-likeness (QED) is 0.0209. The number of unbranched alkanes of at least 4 members (excludes halogenated alkanes) is 22. The molecule has 2 atom stereocenters. The summed E-state index contributed by atoms with van der Waals surface area (Å²) in [7, 11) is -4.62. The van der Waals surface area contributed by atoms with Crippen LogP contribution < -0.4 is 10.2 Å². The van der Waals surface area contributed by atoms with Gasteiger partial charge in [0.25, 0.3) is 11.8 Å². The number of anilines is 1. The van der Waals surface area contributed by atoms with Gasteiger partial charge in [-0.3, -0.25) is 33.0 Å². The van der Waals surface area contributed by atoms with Gasteiger partial charge in [0.15, 0.2) is 6.10 Å². The number of hydrogen-bond acceptors (Lipinski definition) is 10. The molecule has 0 spiro atoms. The van der Waals surface area contributed by atoms with Crippen LogP contribution in [0.15, 0.2) is 60.7 Å². The first-order valence-electron chi connectivity index (χ1n) is 26.7. The zero-order chi connectivity index (χ0) is 50.1. The lowest BCUT2D eigenvalue weighted by molar-refractivity contribution is -0.161. The minimum absolute atomic E-state index is 0.0459. The second kappa shape index (κ2) is 40.8. The van der Waals surface area contributed by atoms with E-state index in [1.807, 2.05) is 0 Å². The van der Waals surface area contributed by atoms with Gasteiger partial charge in [-0.15, -0.1) is 0 Å². The maximum atomic E-state index is 12.8. The standard InChI is InChI=1S/C55H89N2O11P/c1-3-5-7-9-11-13-15-17-19-21-23-25-27-29-31-36-54(61)65-46-50(68-55(62)37-32-30-28-26-24-22-20-18-16-14-12-10-8-6-4-2)47-67-69(63,64)66-45-44-56-51(58)35-33-34-48-38-40-49(41-39-48)57-52(59)42-43-53(57)60/h17-20,38-43,50H,3-16,21-37,44-47H2,1-2H3,(H,56,58)(H,63,64)/b19-17+,20-18+. The Bertz CT molecular complexity index is 1680. The average Bonchev–Trinajstić information content (AvgIpc) is 3.67. The first kappa shape index (κ1) is 61.2. The Morgan fingerprint density at radius 1 is 0.594 bits per heavy atom. The molecular formula is C55H89N2O11P. The van der Waals surface area contributed by atoms with E-state index in [4.69, 9.17) is 18.5 Å². The van der Waals surface area contributed by atoms with E-state index in [-0.39, 0.29) is 56.7 Å². The highest BCUT2D eigenvalue weighted by atomic mass is 31.2. The van der Waals surface area contributed by atoms with E-state index in [0.717, 1.165) is 87.5 Å². The van der Waals surface area contributed by atoms with Crippen molar-refractivity contribution in [3.05, 3.63) is 66.3 Å². The summed E-state index contributed by atoms with van der Waals surface area (Å²) in [5.74, 6) is -1.99. The third kappa shape index (κ3) is 33.3. The van der Waals surface area contributed by atoms with E-state index in [0.29, 0.717) is 31.4 Å². The normalized spacial score (nSPS) is 14.0. The molecule has 2 unspecified atom stereocenters. The number of phosphoric ester groups is 1. The Morgan fingerprint density at radius 3 is 1.57 bits per heavy atom. The lowest BCUT2D eigenvalue weighted by Gasteiger charge is -2.20. The number of carbonyl (C=O) groups is 5. The van der Waals surface area contributed by atoms with Gasteiger partial charge in [-0.25, -0.2) is 9.46 Å². The van der Waals surface area contributed by atoms with Crippen LogP contribution in [0.5, 0.6) is 0 Å². The van der Waals surface area contributed by atoms with E-state index < -0.39 is 32.5 Å². The highest BCUT2D eigenvalue weighted by Gasteiger charge is 2.27. The molecule has 1 aliphatic heterocycles. The van der Waals surface area contributed by atoms with Crippen LogP contribution in [-0.2, 0) is 53.5 Å². The van der Waals surface area contributed by atoms with Gasteiger partial charge in [0.05, 0.1) is 18.9 Å². The summed E-state index contributed by atoms with van der Waals surface area (Å²) >= 11 is 0. The number of rotatable bonds is 45. The molecule has 0 bridgehead atoms. The number of esters is 2. The molecule has 1 aromatic rings.